The van der Waals surface area contributed by atoms with Crippen LogP contribution in [0.25, 0.3) is 0 Å². The fraction of sp³-hybridized carbons (Fsp3) is 0.455. The molecule has 8 heteroatoms. The molecule has 1 atom stereocenters. The highest BCUT2D eigenvalue weighted by molar-refractivity contribution is 14.0. The van der Waals surface area contributed by atoms with E-state index in [4.69, 9.17) is 4.99 Å². The van der Waals surface area contributed by atoms with E-state index in [0.29, 0.717) is 32.0 Å². The number of halogens is 1. The number of thiophene rings is 1. The Balaban J connectivity index is 0.00000320. The van der Waals surface area contributed by atoms with Crippen LogP contribution in [-0.2, 0) is 23.5 Å². The number of amides is 1. The molecule has 0 saturated carbocycles. The Labute approximate surface area is 199 Å². The number of hydrogen-bond acceptors (Lipinski definition) is 4. The monoisotopic (exact) mass is 542 g/mol. The fourth-order valence-corrected chi connectivity index (χ4v) is 4.16. The summed E-state index contributed by atoms with van der Waals surface area (Å²) in [6.45, 7) is 6.90. The highest BCUT2D eigenvalue weighted by Crippen LogP contribution is 2.24. The van der Waals surface area contributed by atoms with Crippen LogP contribution in [0.5, 0.6) is 0 Å². The van der Waals surface area contributed by atoms with Crippen LogP contribution in [0, 0.1) is 0 Å². The number of nitrogens with zero attached hydrogens (tertiary/aromatic N) is 2. The molecule has 1 aromatic heterocycles. The SMILES string of the molecule is CCNC(=NCc1ccccc1CN1CCCC1=O)NCC(C)(O)c1cccs1.I. The van der Waals surface area contributed by atoms with Crippen LogP contribution in [0.3, 0.4) is 0 Å². The maximum atomic E-state index is 12.0. The molecule has 1 amide bonds. The number of carbonyl (C=O) groups is 1. The summed E-state index contributed by atoms with van der Waals surface area (Å²) in [5.74, 6) is 0.894. The number of benzene rings is 1. The van der Waals surface area contributed by atoms with E-state index in [-0.39, 0.29) is 29.9 Å². The lowest BCUT2D eigenvalue weighted by Crippen LogP contribution is -2.44. The van der Waals surface area contributed by atoms with Gasteiger partial charge in [-0.1, -0.05) is 30.3 Å². The van der Waals surface area contributed by atoms with Gasteiger partial charge >= 0.3 is 0 Å². The Morgan fingerprint density at radius 3 is 2.63 bits per heavy atom. The van der Waals surface area contributed by atoms with Gasteiger partial charge in [0.25, 0.3) is 0 Å². The molecule has 0 radical (unpaired) electrons. The third-order valence-electron chi connectivity index (χ3n) is 5.05. The summed E-state index contributed by atoms with van der Waals surface area (Å²) in [7, 11) is 0. The molecule has 2 heterocycles. The zero-order valence-electron chi connectivity index (χ0n) is 17.6. The molecular formula is C22H31IN4O2S. The molecule has 0 bridgehead atoms. The van der Waals surface area contributed by atoms with Gasteiger partial charge in [-0.05, 0) is 42.8 Å². The van der Waals surface area contributed by atoms with Gasteiger partial charge in [-0.25, -0.2) is 4.99 Å². The summed E-state index contributed by atoms with van der Waals surface area (Å²) < 4.78 is 0. The highest BCUT2D eigenvalue weighted by Gasteiger charge is 2.24. The van der Waals surface area contributed by atoms with E-state index in [1.807, 2.05) is 41.5 Å². The molecule has 0 spiro atoms. The number of guanidine groups is 1. The predicted octanol–water partition coefficient (Wildman–Crippen LogP) is 3.45. The Hall–Kier alpha value is -1.65. The van der Waals surface area contributed by atoms with E-state index in [9.17, 15) is 9.90 Å². The minimum Gasteiger partial charge on any atom is -0.383 e. The van der Waals surface area contributed by atoms with Gasteiger partial charge in [-0.2, -0.15) is 0 Å². The largest absolute Gasteiger partial charge is 0.383 e. The zero-order chi connectivity index (χ0) is 20.7. The van der Waals surface area contributed by atoms with Gasteiger partial charge in [0.15, 0.2) is 5.96 Å². The Morgan fingerprint density at radius 2 is 2.00 bits per heavy atom. The van der Waals surface area contributed by atoms with Crippen molar-refractivity contribution in [1.29, 1.82) is 0 Å². The van der Waals surface area contributed by atoms with Crippen molar-refractivity contribution >= 4 is 47.2 Å². The van der Waals surface area contributed by atoms with Crippen LogP contribution in [-0.4, -0.2) is 41.5 Å². The van der Waals surface area contributed by atoms with Crippen molar-refractivity contribution in [1.82, 2.24) is 15.5 Å². The predicted molar refractivity (Wildman–Crippen MR) is 133 cm³/mol. The number of rotatable bonds is 8. The van der Waals surface area contributed by atoms with Gasteiger partial charge in [-0.3, -0.25) is 4.79 Å². The number of aliphatic imine (C=N–C) groups is 1. The van der Waals surface area contributed by atoms with Crippen molar-refractivity contribution in [2.45, 2.75) is 45.4 Å². The standard InChI is InChI=1S/C22H30N4O2S.HI/c1-3-23-21(25-16-22(2,28)19-10-7-13-29-19)24-14-17-8-4-5-9-18(17)15-26-12-6-11-20(26)27;/h4-5,7-10,13,28H,3,6,11-12,14-16H2,1-2H3,(H2,23,24,25);1H. The van der Waals surface area contributed by atoms with E-state index < -0.39 is 5.60 Å². The fourth-order valence-electron chi connectivity index (χ4n) is 3.38. The van der Waals surface area contributed by atoms with Crippen LogP contribution in [0.4, 0.5) is 0 Å². The van der Waals surface area contributed by atoms with Crippen LogP contribution >= 0.6 is 35.3 Å². The van der Waals surface area contributed by atoms with Crippen molar-refractivity contribution in [3.05, 3.63) is 57.8 Å². The molecule has 1 aliphatic rings. The smallest absolute Gasteiger partial charge is 0.222 e. The minimum atomic E-state index is -0.960. The number of hydrogen-bond donors (Lipinski definition) is 3. The maximum absolute atomic E-state index is 12.0. The third-order valence-corrected chi connectivity index (χ3v) is 6.18. The Kier molecular flexibility index (Phi) is 9.57. The molecule has 30 heavy (non-hydrogen) atoms. The molecule has 0 aliphatic carbocycles. The average Bonchev–Trinajstić information content (AvgIpc) is 3.38. The van der Waals surface area contributed by atoms with Crippen molar-refractivity contribution in [2.75, 3.05) is 19.6 Å². The molecule has 2 aromatic rings. The first-order valence-electron chi connectivity index (χ1n) is 10.1. The van der Waals surface area contributed by atoms with Crippen LogP contribution in [0.2, 0.25) is 0 Å². The first-order chi connectivity index (χ1) is 14.0. The second kappa shape index (κ2) is 11.7. The summed E-state index contributed by atoms with van der Waals surface area (Å²) in [5, 5.41) is 19.2. The van der Waals surface area contributed by atoms with Crippen molar-refractivity contribution in [3.63, 3.8) is 0 Å². The summed E-state index contributed by atoms with van der Waals surface area (Å²) in [4.78, 5) is 19.5. The van der Waals surface area contributed by atoms with Gasteiger partial charge in [0.1, 0.15) is 5.60 Å². The van der Waals surface area contributed by atoms with Gasteiger partial charge in [0, 0.05) is 30.9 Å². The van der Waals surface area contributed by atoms with E-state index in [2.05, 4.69) is 22.8 Å². The first kappa shape index (κ1) is 24.6. The molecule has 164 valence electrons. The van der Waals surface area contributed by atoms with Crippen LogP contribution in [0.1, 0.15) is 42.7 Å². The molecule has 1 aromatic carbocycles. The first-order valence-corrected chi connectivity index (χ1v) is 11.0. The van der Waals surface area contributed by atoms with Crippen molar-refractivity contribution in [2.24, 2.45) is 4.99 Å². The average molecular weight is 542 g/mol. The van der Waals surface area contributed by atoms with Gasteiger partial charge in [0.2, 0.25) is 5.91 Å². The molecule has 6 nitrogen and oxygen atoms in total. The molecular weight excluding hydrogens is 511 g/mol. The Bertz CT molecular complexity index is 839. The second-order valence-corrected chi connectivity index (χ2v) is 8.44. The lowest BCUT2D eigenvalue weighted by atomic mass is 10.1. The summed E-state index contributed by atoms with van der Waals surface area (Å²) in [5.41, 5.74) is 1.28. The normalized spacial score (nSPS) is 16.2. The number of nitrogens with one attached hydrogen (secondary N) is 2. The molecule has 1 aliphatic heterocycles. The number of aliphatic hydroxyl groups is 1. The lowest BCUT2D eigenvalue weighted by molar-refractivity contribution is -0.128. The number of carbonyl (C=O) groups excluding carboxylic acids is 1. The van der Waals surface area contributed by atoms with Crippen LogP contribution in [0.15, 0.2) is 46.8 Å². The second-order valence-electron chi connectivity index (χ2n) is 7.49. The Morgan fingerprint density at radius 1 is 1.23 bits per heavy atom. The van der Waals surface area contributed by atoms with Crippen LogP contribution < -0.4 is 10.6 Å². The zero-order valence-corrected chi connectivity index (χ0v) is 20.7. The van der Waals surface area contributed by atoms with Gasteiger partial charge < -0.3 is 20.6 Å². The highest BCUT2D eigenvalue weighted by atomic mass is 127. The van der Waals surface area contributed by atoms with E-state index in [1.165, 1.54) is 11.3 Å². The molecule has 1 saturated heterocycles. The lowest BCUT2D eigenvalue weighted by Gasteiger charge is -2.24. The van der Waals surface area contributed by atoms with Crippen molar-refractivity contribution in [3.8, 4) is 0 Å². The summed E-state index contributed by atoms with van der Waals surface area (Å²) >= 11 is 1.54. The van der Waals surface area contributed by atoms with Gasteiger partial charge in [-0.15, -0.1) is 35.3 Å². The molecule has 3 N–H and O–H groups in total. The number of likely N-dealkylation sites (tertiary alicyclic amines) is 1. The molecule has 1 fully saturated rings. The van der Waals surface area contributed by atoms with E-state index >= 15 is 0 Å². The maximum Gasteiger partial charge on any atom is 0.222 e. The molecule has 1 unspecified atom stereocenters. The summed E-state index contributed by atoms with van der Waals surface area (Å²) in [6.07, 6.45) is 1.59. The van der Waals surface area contributed by atoms with E-state index in [0.717, 1.165) is 35.5 Å². The topological polar surface area (TPSA) is 77.0 Å². The third kappa shape index (κ3) is 6.68. The minimum absolute atomic E-state index is 0. The quantitative estimate of drug-likeness (QED) is 0.272. The molecule has 3 rings (SSSR count). The summed E-state index contributed by atoms with van der Waals surface area (Å²) in [6, 6.07) is 12.0. The van der Waals surface area contributed by atoms with Gasteiger partial charge in [0.05, 0.1) is 13.1 Å². The van der Waals surface area contributed by atoms with E-state index in [1.54, 1.807) is 6.92 Å². The van der Waals surface area contributed by atoms with Crippen molar-refractivity contribution < 1.29 is 9.90 Å².